The van der Waals surface area contributed by atoms with Crippen LogP contribution >= 0.6 is 0 Å². The first kappa shape index (κ1) is 13.8. The maximum Gasteiger partial charge on any atom is 0.134 e. The van der Waals surface area contributed by atoms with Gasteiger partial charge < -0.3 is 15.3 Å². The number of hydrogen-bond donors (Lipinski definition) is 2. The molecule has 2 aromatic rings. The molecule has 1 aromatic carbocycles. The van der Waals surface area contributed by atoms with Gasteiger partial charge in [0.2, 0.25) is 0 Å². The van der Waals surface area contributed by atoms with E-state index in [4.69, 9.17) is 15.3 Å². The highest BCUT2D eigenvalue weighted by Crippen LogP contribution is 2.26. The van der Waals surface area contributed by atoms with Crippen LogP contribution in [-0.2, 0) is 13.1 Å². The molecule has 1 aromatic heterocycles. The molecule has 0 amide bonds. The monoisotopic (exact) mass is 260 g/mol. The van der Waals surface area contributed by atoms with E-state index in [9.17, 15) is 0 Å². The fourth-order valence-electron chi connectivity index (χ4n) is 2.26. The third-order valence-corrected chi connectivity index (χ3v) is 3.16. The SMILES string of the molecule is C=CCN(CCO)Cc1oc2ccccc2c1CN. The van der Waals surface area contributed by atoms with E-state index in [1.54, 1.807) is 0 Å². The van der Waals surface area contributed by atoms with Crippen LogP contribution in [0.25, 0.3) is 11.0 Å². The lowest BCUT2D eigenvalue weighted by molar-refractivity contribution is 0.194. The third kappa shape index (κ3) is 3.04. The third-order valence-electron chi connectivity index (χ3n) is 3.16. The molecular formula is C15H20N2O2. The minimum Gasteiger partial charge on any atom is -0.459 e. The van der Waals surface area contributed by atoms with Crippen molar-refractivity contribution in [3.05, 3.63) is 48.2 Å². The summed E-state index contributed by atoms with van der Waals surface area (Å²) in [5.41, 5.74) is 7.74. The average molecular weight is 260 g/mol. The van der Waals surface area contributed by atoms with Gasteiger partial charge in [0.15, 0.2) is 0 Å². The maximum absolute atomic E-state index is 9.08. The van der Waals surface area contributed by atoms with Crippen molar-refractivity contribution in [2.75, 3.05) is 19.7 Å². The van der Waals surface area contributed by atoms with Gasteiger partial charge in [-0.2, -0.15) is 0 Å². The summed E-state index contributed by atoms with van der Waals surface area (Å²) in [7, 11) is 0. The van der Waals surface area contributed by atoms with Gasteiger partial charge in [0.25, 0.3) is 0 Å². The molecule has 0 spiro atoms. The Balaban J connectivity index is 2.30. The highest BCUT2D eigenvalue weighted by atomic mass is 16.3. The molecule has 0 atom stereocenters. The number of aliphatic hydroxyl groups excluding tert-OH is 1. The second-order valence-electron chi connectivity index (χ2n) is 4.45. The van der Waals surface area contributed by atoms with Crippen molar-refractivity contribution in [2.45, 2.75) is 13.1 Å². The van der Waals surface area contributed by atoms with Crippen LogP contribution < -0.4 is 5.73 Å². The van der Waals surface area contributed by atoms with Crippen LogP contribution in [0.4, 0.5) is 0 Å². The van der Waals surface area contributed by atoms with Crippen LogP contribution in [0.2, 0.25) is 0 Å². The first-order chi connectivity index (χ1) is 9.30. The molecule has 2 rings (SSSR count). The number of fused-ring (bicyclic) bond motifs is 1. The number of aliphatic hydroxyl groups is 1. The van der Waals surface area contributed by atoms with Crippen molar-refractivity contribution < 1.29 is 9.52 Å². The Kier molecular flexibility index (Phi) is 4.74. The Morgan fingerprint density at radius 2 is 2.16 bits per heavy atom. The summed E-state index contributed by atoms with van der Waals surface area (Å²) in [6, 6.07) is 7.90. The van der Waals surface area contributed by atoms with Crippen LogP contribution in [0.15, 0.2) is 41.3 Å². The van der Waals surface area contributed by atoms with Crippen LogP contribution in [0.1, 0.15) is 11.3 Å². The Bertz CT molecular complexity index is 548. The van der Waals surface area contributed by atoms with Crippen LogP contribution in [0.3, 0.4) is 0 Å². The second kappa shape index (κ2) is 6.52. The topological polar surface area (TPSA) is 62.6 Å². The van der Waals surface area contributed by atoms with E-state index >= 15 is 0 Å². The van der Waals surface area contributed by atoms with E-state index in [-0.39, 0.29) is 6.61 Å². The van der Waals surface area contributed by atoms with Gasteiger partial charge in [0.05, 0.1) is 13.2 Å². The molecular weight excluding hydrogens is 240 g/mol. The lowest BCUT2D eigenvalue weighted by atomic mass is 10.1. The molecule has 0 fully saturated rings. The van der Waals surface area contributed by atoms with E-state index in [1.165, 1.54) is 0 Å². The molecule has 0 aliphatic rings. The van der Waals surface area contributed by atoms with E-state index in [0.29, 0.717) is 26.2 Å². The lowest BCUT2D eigenvalue weighted by Gasteiger charge is -2.18. The van der Waals surface area contributed by atoms with Gasteiger partial charge in [-0.1, -0.05) is 24.3 Å². The van der Waals surface area contributed by atoms with Gasteiger partial charge in [-0.05, 0) is 6.07 Å². The Morgan fingerprint density at radius 3 is 2.84 bits per heavy atom. The second-order valence-corrected chi connectivity index (χ2v) is 4.45. The van der Waals surface area contributed by atoms with Gasteiger partial charge in [0.1, 0.15) is 11.3 Å². The predicted octanol–water partition coefficient (Wildman–Crippen LogP) is 1.87. The van der Waals surface area contributed by atoms with Crippen molar-refractivity contribution in [3.8, 4) is 0 Å². The van der Waals surface area contributed by atoms with Gasteiger partial charge >= 0.3 is 0 Å². The highest BCUT2D eigenvalue weighted by Gasteiger charge is 2.15. The quantitative estimate of drug-likeness (QED) is 0.746. The highest BCUT2D eigenvalue weighted by molar-refractivity contribution is 5.82. The zero-order valence-electron chi connectivity index (χ0n) is 11.0. The van der Waals surface area contributed by atoms with Crippen molar-refractivity contribution in [3.63, 3.8) is 0 Å². The molecule has 3 N–H and O–H groups in total. The van der Waals surface area contributed by atoms with Crippen molar-refractivity contribution in [1.29, 1.82) is 0 Å². The summed E-state index contributed by atoms with van der Waals surface area (Å²) in [5, 5.41) is 10.1. The summed E-state index contributed by atoms with van der Waals surface area (Å²) in [4.78, 5) is 2.07. The molecule has 0 bridgehead atoms. The molecule has 0 unspecified atom stereocenters. The van der Waals surface area contributed by atoms with E-state index in [0.717, 1.165) is 22.3 Å². The molecule has 0 radical (unpaired) electrons. The minimum absolute atomic E-state index is 0.117. The van der Waals surface area contributed by atoms with Gasteiger partial charge in [-0.15, -0.1) is 6.58 Å². The molecule has 19 heavy (non-hydrogen) atoms. The molecule has 0 aliphatic heterocycles. The maximum atomic E-state index is 9.08. The Morgan fingerprint density at radius 1 is 1.37 bits per heavy atom. The smallest absolute Gasteiger partial charge is 0.134 e. The lowest BCUT2D eigenvalue weighted by Crippen LogP contribution is -2.26. The molecule has 4 nitrogen and oxygen atoms in total. The molecule has 4 heteroatoms. The number of para-hydroxylation sites is 1. The molecule has 0 saturated heterocycles. The zero-order chi connectivity index (χ0) is 13.7. The predicted molar refractivity (Wildman–Crippen MR) is 76.7 cm³/mol. The number of benzene rings is 1. The van der Waals surface area contributed by atoms with Crippen LogP contribution in [0, 0.1) is 0 Å². The number of nitrogens with two attached hydrogens (primary N) is 1. The normalized spacial score (nSPS) is 11.3. The van der Waals surface area contributed by atoms with Crippen molar-refractivity contribution >= 4 is 11.0 Å². The summed E-state index contributed by atoms with van der Waals surface area (Å²) >= 11 is 0. The van der Waals surface area contributed by atoms with E-state index in [2.05, 4.69) is 11.5 Å². The number of hydrogen-bond acceptors (Lipinski definition) is 4. The van der Waals surface area contributed by atoms with Crippen molar-refractivity contribution in [2.24, 2.45) is 5.73 Å². The van der Waals surface area contributed by atoms with Gasteiger partial charge in [-0.3, -0.25) is 4.90 Å². The van der Waals surface area contributed by atoms with Gasteiger partial charge in [0, 0.05) is 30.6 Å². The fraction of sp³-hybridized carbons (Fsp3) is 0.333. The molecule has 0 aliphatic carbocycles. The number of nitrogens with zero attached hydrogens (tertiary/aromatic N) is 1. The summed E-state index contributed by atoms with van der Waals surface area (Å²) in [6.07, 6.45) is 1.82. The zero-order valence-corrected chi connectivity index (χ0v) is 11.0. The first-order valence-corrected chi connectivity index (χ1v) is 6.43. The van der Waals surface area contributed by atoms with E-state index < -0.39 is 0 Å². The standard InChI is InChI=1S/C15H20N2O2/c1-2-7-17(8-9-18)11-15-13(10-16)12-5-3-4-6-14(12)19-15/h2-6,18H,1,7-11,16H2. The number of rotatable bonds is 7. The summed E-state index contributed by atoms with van der Waals surface area (Å²) in [5.74, 6) is 0.874. The summed E-state index contributed by atoms with van der Waals surface area (Å²) in [6.45, 7) is 6.23. The molecule has 0 saturated carbocycles. The van der Waals surface area contributed by atoms with E-state index in [1.807, 2.05) is 30.3 Å². The Hall–Kier alpha value is -1.62. The minimum atomic E-state index is 0.117. The molecule has 102 valence electrons. The Labute approximate surface area is 113 Å². The van der Waals surface area contributed by atoms with Gasteiger partial charge in [-0.25, -0.2) is 0 Å². The average Bonchev–Trinajstić information content (AvgIpc) is 2.76. The molecule has 1 heterocycles. The summed E-state index contributed by atoms with van der Waals surface area (Å²) < 4.78 is 5.88. The number of furan rings is 1. The van der Waals surface area contributed by atoms with Crippen LogP contribution in [-0.4, -0.2) is 29.7 Å². The largest absolute Gasteiger partial charge is 0.459 e. The van der Waals surface area contributed by atoms with Crippen LogP contribution in [0.5, 0.6) is 0 Å². The first-order valence-electron chi connectivity index (χ1n) is 6.43. The van der Waals surface area contributed by atoms with Crippen molar-refractivity contribution in [1.82, 2.24) is 4.90 Å². The fourth-order valence-corrected chi connectivity index (χ4v) is 2.26.